The normalized spacial score (nSPS) is 18.5. The van der Waals surface area contributed by atoms with Gasteiger partial charge < -0.3 is 10.1 Å². The van der Waals surface area contributed by atoms with Gasteiger partial charge in [0.25, 0.3) is 5.91 Å². The van der Waals surface area contributed by atoms with Crippen LogP contribution in [0, 0.1) is 0 Å². The van der Waals surface area contributed by atoms with E-state index in [1.807, 2.05) is 0 Å². The molecule has 0 radical (unpaired) electrons. The molecule has 1 N–H and O–H groups in total. The summed E-state index contributed by atoms with van der Waals surface area (Å²) < 4.78 is 66.4. The van der Waals surface area contributed by atoms with E-state index < -0.39 is 46.3 Å². The second-order valence-electron chi connectivity index (χ2n) is 5.76. The van der Waals surface area contributed by atoms with Crippen molar-refractivity contribution >= 4 is 27.6 Å². The molecule has 1 aliphatic heterocycles. The van der Waals surface area contributed by atoms with Crippen LogP contribution < -0.4 is 5.32 Å². The van der Waals surface area contributed by atoms with E-state index in [0.717, 1.165) is 34.8 Å². The molecular formula is C15H17F3N2O5S. The molecule has 144 valence electrons. The molecule has 1 aromatic carbocycles. The zero-order chi connectivity index (χ0) is 19.5. The molecule has 0 saturated carbocycles. The first-order valence-corrected chi connectivity index (χ1v) is 9.44. The summed E-state index contributed by atoms with van der Waals surface area (Å²) in [5.41, 5.74) is -0.748. The van der Waals surface area contributed by atoms with Gasteiger partial charge in [-0.1, -0.05) is 0 Å². The lowest BCUT2D eigenvalue weighted by atomic mass is 10.2. The number of carbonyl (C=O) groups excluding carboxylic acids is 2. The van der Waals surface area contributed by atoms with Crippen molar-refractivity contribution in [2.24, 2.45) is 0 Å². The predicted octanol–water partition coefficient (Wildman–Crippen LogP) is 1.61. The van der Waals surface area contributed by atoms with Crippen molar-refractivity contribution in [3.8, 4) is 0 Å². The fourth-order valence-electron chi connectivity index (χ4n) is 2.55. The zero-order valence-corrected chi connectivity index (χ0v) is 14.6. The number of alkyl halides is 3. The van der Waals surface area contributed by atoms with E-state index in [0.29, 0.717) is 12.8 Å². The maximum absolute atomic E-state index is 12.5. The van der Waals surface area contributed by atoms with Gasteiger partial charge >= 0.3 is 12.1 Å². The molecule has 7 nitrogen and oxygen atoms in total. The number of ether oxygens (including phenoxy) is 1. The van der Waals surface area contributed by atoms with Crippen LogP contribution in [0.15, 0.2) is 24.3 Å². The summed E-state index contributed by atoms with van der Waals surface area (Å²) in [6, 6.07) is 2.80. The van der Waals surface area contributed by atoms with Crippen LogP contribution >= 0.6 is 0 Å². The van der Waals surface area contributed by atoms with Crippen LogP contribution in [0.4, 0.5) is 18.9 Å². The van der Waals surface area contributed by atoms with E-state index in [1.165, 1.54) is 0 Å². The number of amides is 1. The molecule has 0 aliphatic carbocycles. The molecule has 1 atom stereocenters. The van der Waals surface area contributed by atoms with E-state index in [9.17, 15) is 31.2 Å². The summed E-state index contributed by atoms with van der Waals surface area (Å²) in [5.74, 6) is -1.59. The van der Waals surface area contributed by atoms with Crippen LogP contribution in [0.2, 0.25) is 0 Å². The third kappa shape index (κ3) is 5.18. The highest BCUT2D eigenvalue weighted by atomic mass is 32.2. The first-order chi connectivity index (χ1) is 12.0. The standard InChI is InChI=1S/C15H17F3N2O5S/c1-26(23,24)20-8-2-3-12(20)14(22)25-9-13(21)19-11-6-4-10(5-7-11)15(16,17)18/h4-7,12H,2-3,8-9H2,1H3,(H,19,21)/t12-/m0/s1. The van der Waals surface area contributed by atoms with E-state index >= 15 is 0 Å². The highest BCUT2D eigenvalue weighted by Crippen LogP contribution is 2.29. The van der Waals surface area contributed by atoms with E-state index in [-0.39, 0.29) is 12.2 Å². The smallest absolute Gasteiger partial charge is 0.416 e. The Morgan fingerprint density at radius 2 is 1.88 bits per heavy atom. The third-order valence-corrected chi connectivity index (χ3v) is 5.03. The third-order valence-electron chi connectivity index (χ3n) is 3.74. The summed E-state index contributed by atoms with van der Waals surface area (Å²) in [6.45, 7) is -0.468. The number of benzene rings is 1. The predicted molar refractivity (Wildman–Crippen MR) is 85.6 cm³/mol. The van der Waals surface area contributed by atoms with Crippen molar-refractivity contribution in [1.29, 1.82) is 0 Å². The maximum atomic E-state index is 12.5. The molecule has 0 aromatic heterocycles. The number of esters is 1. The van der Waals surface area contributed by atoms with Gasteiger partial charge in [0.1, 0.15) is 6.04 Å². The molecule has 1 amide bonds. The monoisotopic (exact) mass is 394 g/mol. The number of carbonyl (C=O) groups is 2. The Kier molecular flexibility index (Phi) is 5.91. The van der Waals surface area contributed by atoms with Crippen LogP contribution in [0.5, 0.6) is 0 Å². The van der Waals surface area contributed by atoms with Crippen molar-refractivity contribution in [3.05, 3.63) is 29.8 Å². The van der Waals surface area contributed by atoms with Gasteiger partial charge in [-0.15, -0.1) is 0 Å². The van der Waals surface area contributed by atoms with E-state index in [1.54, 1.807) is 0 Å². The molecule has 0 spiro atoms. The van der Waals surface area contributed by atoms with Gasteiger partial charge in [-0.25, -0.2) is 8.42 Å². The largest absolute Gasteiger partial charge is 0.454 e. The number of rotatable bonds is 5. The maximum Gasteiger partial charge on any atom is 0.416 e. The molecule has 1 aromatic rings. The summed E-state index contributed by atoms with van der Waals surface area (Å²) >= 11 is 0. The highest BCUT2D eigenvalue weighted by Gasteiger charge is 2.37. The second-order valence-corrected chi connectivity index (χ2v) is 7.70. The summed E-state index contributed by atoms with van der Waals surface area (Å²) in [7, 11) is -3.56. The van der Waals surface area contributed by atoms with Crippen LogP contribution in [0.25, 0.3) is 0 Å². The van der Waals surface area contributed by atoms with Gasteiger partial charge in [0.2, 0.25) is 10.0 Å². The number of hydrogen-bond acceptors (Lipinski definition) is 5. The number of nitrogens with zero attached hydrogens (tertiary/aromatic N) is 1. The fourth-order valence-corrected chi connectivity index (χ4v) is 3.66. The lowest BCUT2D eigenvalue weighted by molar-refractivity contribution is -0.150. The van der Waals surface area contributed by atoms with Crippen LogP contribution in [0.1, 0.15) is 18.4 Å². The minimum Gasteiger partial charge on any atom is -0.454 e. The number of nitrogens with one attached hydrogen (secondary N) is 1. The van der Waals surface area contributed by atoms with Crippen molar-refractivity contribution in [1.82, 2.24) is 4.31 Å². The van der Waals surface area contributed by atoms with Gasteiger partial charge in [-0.05, 0) is 37.1 Å². The quantitative estimate of drug-likeness (QED) is 0.766. The number of hydrogen-bond donors (Lipinski definition) is 1. The van der Waals surface area contributed by atoms with E-state index in [4.69, 9.17) is 4.74 Å². The molecule has 26 heavy (non-hydrogen) atoms. The first-order valence-electron chi connectivity index (χ1n) is 7.59. The summed E-state index contributed by atoms with van der Waals surface area (Å²) in [5, 5.41) is 2.29. The Bertz CT molecular complexity index is 777. The van der Waals surface area contributed by atoms with E-state index in [2.05, 4.69) is 5.32 Å². The summed E-state index contributed by atoms with van der Waals surface area (Å²) in [4.78, 5) is 23.7. The Morgan fingerprint density at radius 3 is 2.42 bits per heavy atom. The average Bonchev–Trinajstić information content (AvgIpc) is 3.02. The average molecular weight is 394 g/mol. The van der Waals surface area contributed by atoms with Crippen molar-refractivity contribution in [3.63, 3.8) is 0 Å². The van der Waals surface area contributed by atoms with Crippen molar-refractivity contribution in [2.75, 3.05) is 24.7 Å². The first kappa shape index (κ1) is 20.2. The Morgan fingerprint density at radius 1 is 1.27 bits per heavy atom. The molecule has 1 saturated heterocycles. The molecule has 2 rings (SSSR count). The lowest BCUT2D eigenvalue weighted by Crippen LogP contribution is -2.41. The Hall–Kier alpha value is -2.14. The number of anilines is 1. The SMILES string of the molecule is CS(=O)(=O)N1CCC[C@H]1C(=O)OCC(=O)Nc1ccc(C(F)(F)F)cc1. The molecule has 0 bridgehead atoms. The molecule has 0 unspecified atom stereocenters. The molecule has 1 heterocycles. The van der Waals surface area contributed by atoms with Crippen LogP contribution in [-0.2, 0) is 30.5 Å². The highest BCUT2D eigenvalue weighted by molar-refractivity contribution is 7.88. The number of sulfonamides is 1. The Balaban J connectivity index is 1.88. The van der Waals surface area contributed by atoms with Gasteiger partial charge in [-0.2, -0.15) is 17.5 Å². The molecule has 1 fully saturated rings. The van der Waals surface area contributed by atoms with Crippen molar-refractivity contribution < 1.29 is 35.9 Å². The minimum absolute atomic E-state index is 0.109. The minimum atomic E-state index is -4.48. The molecule has 1 aliphatic rings. The number of halogens is 3. The van der Waals surface area contributed by atoms with Gasteiger partial charge in [0, 0.05) is 12.2 Å². The summed E-state index contributed by atoms with van der Waals surface area (Å²) in [6.07, 6.45) is -2.70. The fraction of sp³-hybridized carbons (Fsp3) is 0.467. The Labute approximate surface area is 148 Å². The van der Waals surface area contributed by atoms with Crippen molar-refractivity contribution in [2.45, 2.75) is 25.1 Å². The molecule has 11 heteroatoms. The van der Waals surface area contributed by atoms with Gasteiger partial charge in [0.05, 0.1) is 11.8 Å². The van der Waals surface area contributed by atoms with Crippen LogP contribution in [-0.4, -0.2) is 50.0 Å². The zero-order valence-electron chi connectivity index (χ0n) is 13.7. The van der Waals surface area contributed by atoms with Gasteiger partial charge in [-0.3, -0.25) is 9.59 Å². The second kappa shape index (κ2) is 7.62. The van der Waals surface area contributed by atoms with Crippen LogP contribution in [0.3, 0.4) is 0 Å². The topological polar surface area (TPSA) is 92.8 Å². The lowest BCUT2D eigenvalue weighted by Gasteiger charge is -2.20. The molecular weight excluding hydrogens is 377 g/mol. The van der Waals surface area contributed by atoms with Gasteiger partial charge in [0.15, 0.2) is 6.61 Å².